The van der Waals surface area contributed by atoms with Gasteiger partial charge in [-0.15, -0.1) is 5.10 Å². The van der Waals surface area contributed by atoms with Crippen LogP contribution in [-0.2, 0) is 0 Å². The summed E-state index contributed by atoms with van der Waals surface area (Å²) in [7, 11) is 0. The molecule has 0 saturated heterocycles. The monoisotopic (exact) mass is 354 g/mol. The van der Waals surface area contributed by atoms with Crippen LogP contribution in [0.2, 0.25) is 10.0 Å². The number of fused-ring (bicyclic) bond motifs is 1. The fourth-order valence-corrected chi connectivity index (χ4v) is 3.16. The first-order valence-corrected chi connectivity index (χ1v) is 8.19. The summed E-state index contributed by atoms with van der Waals surface area (Å²) in [5.41, 5.74) is 3.90. The Morgan fingerprint density at radius 1 is 1.00 bits per heavy atom. The maximum Gasteiger partial charge on any atom is 0.188 e. The Morgan fingerprint density at radius 2 is 1.88 bits per heavy atom. The molecule has 0 amide bonds. The Bertz CT molecular complexity index is 961. The smallest absolute Gasteiger partial charge is 0.188 e. The summed E-state index contributed by atoms with van der Waals surface area (Å²) >= 11 is 12.5. The topological polar surface area (TPSA) is 43.6 Å². The van der Waals surface area contributed by atoms with E-state index in [0.717, 1.165) is 17.7 Å². The van der Waals surface area contributed by atoms with Crippen molar-refractivity contribution in [1.29, 1.82) is 0 Å². The van der Waals surface area contributed by atoms with Crippen molar-refractivity contribution in [3.05, 3.63) is 81.9 Å². The van der Waals surface area contributed by atoms with Crippen LogP contribution in [0.5, 0.6) is 0 Å². The van der Waals surface area contributed by atoms with E-state index < -0.39 is 0 Å². The van der Waals surface area contributed by atoms with E-state index >= 15 is 0 Å². The number of halogens is 2. The molecule has 4 nitrogen and oxygen atoms in total. The third-order valence-electron chi connectivity index (χ3n) is 3.91. The molecule has 1 aromatic carbocycles. The van der Waals surface area contributed by atoms with Gasteiger partial charge in [0.2, 0.25) is 0 Å². The van der Waals surface area contributed by atoms with Gasteiger partial charge >= 0.3 is 0 Å². The maximum atomic E-state index is 6.35. The van der Waals surface area contributed by atoms with Gasteiger partial charge in [0.05, 0.1) is 15.7 Å². The minimum atomic E-state index is 0.438. The molecule has 0 atom stereocenters. The van der Waals surface area contributed by atoms with Gasteiger partial charge < -0.3 is 0 Å². The summed E-state index contributed by atoms with van der Waals surface area (Å²) in [5.74, 6) is 0.554. The van der Waals surface area contributed by atoms with Crippen molar-refractivity contribution in [2.45, 2.75) is 6.42 Å². The van der Waals surface area contributed by atoms with Crippen LogP contribution >= 0.6 is 23.2 Å². The van der Waals surface area contributed by atoms with Gasteiger partial charge in [-0.05, 0) is 40.6 Å². The summed E-state index contributed by atoms with van der Waals surface area (Å²) < 4.78 is 1.70. The lowest BCUT2D eigenvalue weighted by molar-refractivity contribution is 0.803. The SMILES string of the molecule is Clc1cccc(-c2nnnn2C2=CC=CC=C3CC=CC=C32)c1Cl. The van der Waals surface area contributed by atoms with Crippen LogP contribution in [0, 0.1) is 0 Å². The number of allylic oxidation sites excluding steroid dienone is 10. The lowest BCUT2D eigenvalue weighted by Crippen LogP contribution is -2.07. The Kier molecular flexibility index (Phi) is 3.92. The first kappa shape index (κ1) is 15.1. The van der Waals surface area contributed by atoms with Gasteiger partial charge in [-0.3, -0.25) is 0 Å². The van der Waals surface area contributed by atoms with Gasteiger partial charge in [0, 0.05) is 11.1 Å². The van der Waals surface area contributed by atoms with Crippen molar-refractivity contribution in [3.8, 4) is 11.4 Å². The second-order valence-corrected chi connectivity index (χ2v) is 6.14. The van der Waals surface area contributed by atoms with Crippen LogP contribution in [-0.4, -0.2) is 20.2 Å². The van der Waals surface area contributed by atoms with E-state index in [1.54, 1.807) is 10.7 Å². The molecule has 0 unspecified atom stereocenters. The number of rotatable bonds is 2. The minimum Gasteiger partial charge on any atom is -0.192 e. The van der Waals surface area contributed by atoms with Crippen molar-refractivity contribution < 1.29 is 0 Å². The summed E-state index contributed by atoms with van der Waals surface area (Å²) in [4.78, 5) is 0. The number of tetrazole rings is 1. The van der Waals surface area contributed by atoms with E-state index in [0.29, 0.717) is 21.4 Å². The Balaban J connectivity index is 1.89. The maximum absolute atomic E-state index is 6.35. The third-order valence-corrected chi connectivity index (χ3v) is 4.73. The normalized spacial score (nSPS) is 16.2. The van der Waals surface area contributed by atoms with Gasteiger partial charge in [-0.1, -0.05) is 65.7 Å². The molecule has 6 heteroatoms. The molecule has 2 aliphatic rings. The second-order valence-electron chi connectivity index (χ2n) is 5.36. The number of hydrogen-bond donors (Lipinski definition) is 0. The van der Waals surface area contributed by atoms with Crippen molar-refractivity contribution in [1.82, 2.24) is 20.2 Å². The van der Waals surface area contributed by atoms with Crippen molar-refractivity contribution in [2.24, 2.45) is 0 Å². The van der Waals surface area contributed by atoms with E-state index in [9.17, 15) is 0 Å². The standard InChI is InChI=1S/C18H12Cl2N4/c19-15-10-5-9-14(17(15)20)18-21-22-23-24(18)16-11-4-2-7-12-6-1-3-8-13(12)16/h1-5,7-11H,6H2. The van der Waals surface area contributed by atoms with Gasteiger partial charge in [0.1, 0.15) is 0 Å². The van der Waals surface area contributed by atoms with Crippen LogP contribution in [0.15, 0.2) is 71.9 Å². The number of hydrogen-bond acceptors (Lipinski definition) is 3. The largest absolute Gasteiger partial charge is 0.192 e. The lowest BCUT2D eigenvalue weighted by Gasteiger charge is -2.17. The predicted octanol–water partition coefficient (Wildman–Crippen LogP) is 4.87. The molecule has 4 rings (SSSR count). The summed E-state index contributed by atoms with van der Waals surface area (Å²) in [6.45, 7) is 0. The third kappa shape index (κ3) is 2.54. The molecule has 118 valence electrons. The number of benzene rings is 1. The second kappa shape index (κ2) is 6.23. The van der Waals surface area contributed by atoms with Crippen LogP contribution in [0.3, 0.4) is 0 Å². The van der Waals surface area contributed by atoms with Gasteiger partial charge in [0.25, 0.3) is 0 Å². The number of aromatic nitrogens is 4. The first-order valence-electron chi connectivity index (χ1n) is 7.44. The van der Waals surface area contributed by atoms with Gasteiger partial charge in [-0.2, -0.15) is 4.68 Å². The fourth-order valence-electron chi connectivity index (χ4n) is 2.77. The van der Waals surface area contributed by atoms with Crippen LogP contribution in [0.4, 0.5) is 0 Å². The zero-order valence-corrected chi connectivity index (χ0v) is 14.0. The van der Waals surface area contributed by atoms with E-state index in [1.165, 1.54) is 5.57 Å². The molecule has 0 N–H and O–H groups in total. The average Bonchev–Trinajstić information content (AvgIpc) is 2.97. The highest BCUT2D eigenvalue weighted by Crippen LogP contribution is 2.36. The Hall–Kier alpha value is -2.43. The molecule has 1 aromatic heterocycles. The average molecular weight is 355 g/mol. The molecule has 0 spiro atoms. The molecule has 2 aliphatic carbocycles. The van der Waals surface area contributed by atoms with E-state index in [-0.39, 0.29) is 0 Å². The van der Waals surface area contributed by atoms with E-state index in [1.807, 2.05) is 36.4 Å². The Morgan fingerprint density at radius 3 is 2.79 bits per heavy atom. The van der Waals surface area contributed by atoms with Crippen molar-refractivity contribution in [3.63, 3.8) is 0 Å². The molecule has 0 fully saturated rings. The van der Waals surface area contributed by atoms with E-state index in [2.05, 4.69) is 33.8 Å². The van der Waals surface area contributed by atoms with Crippen LogP contribution < -0.4 is 0 Å². The highest BCUT2D eigenvalue weighted by Gasteiger charge is 2.21. The van der Waals surface area contributed by atoms with E-state index in [4.69, 9.17) is 23.2 Å². The van der Waals surface area contributed by atoms with Crippen molar-refractivity contribution in [2.75, 3.05) is 0 Å². The lowest BCUT2D eigenvalue weighted by atomic mass is 9.95. The van der Waals surface area contributed by atoms with Gasteiger partial charge in [-0.25, -0.2) is 0 Å². The van der Waals surface area contributed by atoms with Gasteiger partial charge in [0.15, 0.2) is 5.82 Å². The highest BCUT2D eigenvalue weighted by atomic mass is 35.5. The molecule has 0 aliphatic heterocycles. The first-order chi connectivity index (χ1) is 11.8. The molecule has 0 saturated carbocycles. The Labute approximate surface area is 149 Å². The molecule has 1 heterocycles. The zero-order chi connectivity index (χ0) is 16.5. The summed E-state index contributed by atoms with van der Waals surface area (Å²) in [6.07, 6.45) is 15.2. The highest BCUT2D eigenvalue weighted by molar-refractivity contribution is 6.43. The van der Waals surface area contributed by atoms with Crippen LogP contribution in [0.25, 0.3) is 17.1 Å². The molecular formula is C18H12Cl2N4. The quantitative estimate of drug-likeness (QED) is 0.772. The fraction of sp³-hybridized carbons (Fsp3) is 0.0556. The predicted molar refractivity (Wildman–Crippen MR) is 96.6 cm³/mol. The zero-order valence-electron chi connectivity index (χ0n) is 12.5. The molecule has 0 bridgehead atoms. The molecule has 24 heavy (non-hydrogen) atoms. The molecular weight excluding hydrogens is 343 g/mol. The number of nitrogens with zero attached hydrogens (tertiary/aromatic N) is 4. The van der Waals surface area contributed by atoms with Crippen LogP contribution in [0.1, 0.15) is 6.42 Å². The minimum absolute atomic E-state index is 0.438. The summed E-state index contributed by atoms with van der Waals surface area (Å²) in [5, 5.41) is 13.1. The molecule has 0 radical (unpaired) electrons. The molecule has 2 aromatic rings. The summed E-state index contributed by atoms with van der Waals surface area (Å²) in [6, 6.07) is 5.43. The van der Waals surface area contributed by atoms with Crippen molar-refractivity contribution >= 4 is 28.9 Å².